The maximum absolute atomic E-state index is 9.55. The van der Waals surface area contributed by atoms with E-state index in [0.717, 1.165) is 22.4 Å². The van der Waals surface area contributed by atoms with Crippen LogP contribution >= 0.6 is 0 Å². The molecule has 0 aliphatic rings. The summed E-state index contributed by atoms with van der Waals surface area (Å²) in [6.45, 7) is 1.94. The van der Waals surface area contributed by atoms with Gasteiger partial charge in [-0.15, -0.1) is 0 Å². The lowest BCUT2D eigenvalue weighted by molar-refractivity contribution is 0.484. The molecule has 0 aromatic heterocycles. The molecule has 3 rings (SSSR count). The van der Waals surface area contributed by atoms with Crippen LogP contribution in [0.5, 0.6) is 11.5 Å². The van der Waals surface area contributed by atoms with Crippen LogP contribution in [0, 0.1) is 18.3 Å². The molecule has 0 spiro atoms. The monoisotopic (exact) mass is 285 g/mol. The summed E-state index contributed by atoms with van der Waals surface area (Å²) in [6.07, 6.45) is 0. The fourth-order valence-electron chi connectivity index (χ4n) is 2.42. The van der Waals surface area contributed by atoms with E-state index in [4.69, 9.17) is 4.74 Å². The number of hydrogen-bond acceptors (Lipinski definition) is 2. The van der Waals surface area contributed by atoms with E-state index in [-0.39, 0.29) is 0 Å². The van der Waals surface area contributed by atoms with E-state index in [1.165, 1.54) is 0 Å². The number of aryl methyl sites for hydroxylation is 1. The van der Waals surface area contributed by atoms with E-state index in [0.29, 0.717) is 11.3 Å². The zero-order valence-corrected chi connectivity index (χ0v) is 12.3. The summed E-state index contributed by atoms with van der Waals surface area (Å²) in [4.78, 5) is 0. The second-order valence-electron chi connectivity index (χ2n) is 5.02. The largest absolute Gasteiger partial charge is 0.457 e. The van der Waals surface area contributed by atoms with Gasteiger partial charge in [0.1, 0.15) is 17.6 Å². The zero-order valence-electron chi connectivity index (χ0n) is 12.3. The van der Waals surface area contributed by atoms with Crippen LogP contribution in [0.2, 0.25) is 0 Å². The number of ether oxygens (including phenoxy) is 1. The van der Waals surface area contributed by atoms with Gasteiger partial charge in [-0.25, -0.2) is 0 Å². The summed E-state index contributed by atoms with van der Waals surface area (Å²) in [5.74, 6) is 1.45. The second kappa shape index (κ2) is 6.15. The first kappa shape index (κ1) is 13.9. The Balaban J connectivity index is 2.17. The van der Waals surface area contributed by atoms with Gasteiger partial charge in [0.15, 0.2) is 0 Å². The molecule has 0 aliphatic heterocycles. The van der Waals surface area contributed by atoms with Crippen molar-refractivity contribution in [2.24, 2.45) is 0 Å². The van der Waals surface area contributed by atoms with Crippen LogP contribution in [0.15, 0.2) is 72.8 Å². The molecule has 0 amide bonds. The molecule has 3 aromatic carbocycles. The molecule has 0 saturated carbocycles. The summed E-state index contributed by atoms with van der Waals surface area (Å²) in [5, 5.41) is 9.55. The normalized spacial score (nSPS) is 10.0. The lowest BCUT2D eigenvalue weighted by Gasteiger charge is -2.14. The van der Waals surface area contributed by atoms with Crippen molar-refractivity contribution >= 4 is 0 Å². The van der Waals surface area contributed by atoms with Gasteiger partial charge >= 0.3 is 0 Å². The van der Waals surface area contributed by atoms with Crippen LogP contribution in [0.3, 0.4) is 0 Å². The highest BCUT2D eigenvalue weighted by molar-refractivity contribution is 5.78. The van der Waals surface area contributed by atoms with Gasteiger partial charge in [0.25, 0.3) is 0 Å². The standard InChI is InChI=1S/C20H15NO/c1-15-12-13-19(22-17-10-6-3-7-11-17)20(18(15)14-21)16-8-4-2-5-9-16/h2-13H,1H3. The summed E-state index contributed by atoms with van der Waals surface area (Å²) in [6, 6.07) is 25.6. The molecule has 0 N–H and O–H groups in total. The number of hydrogen-bond donors (Lipinski definition) is 0. The van der Waals surface area contributed by atoms with E-state index in [2.05, 4.69) is 6.07 Å². The van der Waals surface area contributed by atoms with Gasteiger partial charge in [0, 0.05) is 5.56 Å². The number of benzene rings is 3. The minimum Gasteiger partial charge on any atom is -0.457 e. The molecule has 0 bridgehead atoms. The zero-order chi connectivity index (χ0) is 15.4. The first-order chi connectivity index (χ1) is 10.8. The predicted octanol–water partition coefficient (Wildman–Crippen LogP) is 5.33. The Morgan fingerprint density at radius 1 is 0.818 bits per heavy atom. The van der Waals surface area contributed by atoms with E-state index < -0.39 is 0 Å². The number of nitriles is 1. The van der Waals surface area contributed by atoms with Gasteiger partial charge in [0.2, 0.25) is 0 Å². The van der Waals surface area contributed by atoms with Gasteiger partial charge in [-0.1, -0.05) is 54.6 Å². The Bertz CT molecular complexity index is 818. The Morgan fingerprint density at radius 3 is 2.09 bits per heavy atom. The third-order valence-corrected chi connectivity index (χ3v) is 3.52. The van der Waals surface area contributed by atoms with Crippen molar-refractivity contribution in [1.82, 2.24) is 0 Å². The van der Waals surface area contributed by atoms with Crippen LogP contribution in [-0.2, 0) is 0 Å². The molecule has 106 valence electrons. The van der Waals surface area contributed by atoms with Crippen LogP contribution < -0.4 is 4.74 Å². The molecule has 0 unspecified atom stereocenters. The van der Waals surface area contributed by atoms with E-state index >= 15 is 0 Å². The number of nitrogens with zero attached hydrogens (tertiary/aromatic N) is 1. The molecule has 0 radical (unpaired) electrons. The summed E-state index contributed by atoms with van der Waals surface area (Å²) in [7, 11) is 0. The molecule has 0 heterocycles. The molecule has 2 heteroatoms. The topological polar surface area (TPSA) is 33.0 Å². The fraction of sp³-hybridized carbons (Fsp3) is 0.0500. The van der Waals surface area contributed by atoms with Crippen molar-refractivity contribution in [2.75, 3.05) is 0 Å². The molecule has 22 heavy (non-hydrogen) atoms. The van der Waals surface area contributed by atoms with E-state index in [9.17, 15) is 5.26 Å². The molecular formula is C20H15NO. The minimum atomic E-state index is 0.652. The van der Waals surface area contributed by atoms with Crippen LogP contribution in [0.1, 0.15) is 11.1 Å². The number of para-hydroxylation sites is 1. The Morgan fingerprint density at radius 2 is 1.45 bits per heavy atom. The quantitative estimate of drug-likeness (QED) is 0.652. The summed E-state index contributed by atoms with van der Waals surface area (Å²) >= 11 is 0. The lowest BCUT2D eigenvalue weighted by atomic mass is 9.95. The minimum absolute atomic E-state index is 0.652. The smallest absolute Gasteiger partial charge is 0.136 e. The fourth-order valence-corrected chi connectivity index (χ4v) is 2.42. The summed E-state index contributed by atoms with van der Waals surface area (Å²) < 4.78 is 6.01. The Kier molecular flexibility index (Phi) is 3.89. The number of rotatable bonds is 3. The molecule has 3 aromatic rings. The lowest BCUT2D eigenvalue weighted by Crippen LogP contribution is -1.94. The van der Waals surface area contributed by atoms with Crippen LogP contribution in [0.25, 0.3) is 11.1 Å². The van der Waals surface area contributed by atoms with Crippen molar-refractivity contribution in [3.63, 3.8) is 0 Å². The Labute approximate surface area is 130 Å². The second-order valence-corrected chi connectivity index (χ2v) is 5.02. The first-order valence-electron chi connectivity index (χ1n) is 7.11. The maximum atomic E-state index is 9.55. The molecular weight excluding hydrogens is 270 g/mol. The highest BCUT2D eigenvalue weighted by atomic mass is 16.5. The predicted molar refractivity (Wildman–Crippen MR) is 87.8 cm³/mol. The van der Waals surface area contributed by atoms with Gasteiger partial charge in [0.05, 0.1) is 5.56 Å². The molecule has 0 saturated heterocycles. The van der Waals surface area contributed by atoms with Crippen molar-refractivity contribution in [2.45, 2.75) is 6.92 Å². The molecule has 0 atom stereocenters. The molecule has 0 fully saturated rings. The molecule has 0 aliphatic carbocycles. The van der Waals surface area contributed by atoms with Crippen molar-refractivity contribution in [3.05, 3.63) is 83.9 Å². The van der Waals surface area contributed by atoms with Gasteiger partial charge < -0.3 is 4.74 Å². The average Bonchev–Trinajstić information content (AvgIpc) is 2.58. The molecule has 2 nitrogen and oxygen atoms in total. The van der Waals surface area contributed by atoms with Crippen LogP contribution in [0.4, 0.5) is 0 Å². The first-order valence-corrected chi connectivity index (χ1v) is 7.11. The van der Waals surface area contributed by atoms with Crippen molar-refractivity contribution in [1.29, 1.82) is 5.26 Å². The average molecular weight is 285 g/mol. The van der Waals surface area contributed by atoms with Crippen LogP contribution in [-0.4, -0.2) is 0 Å². The van der Waals surface area contributed by atoms with Crippen molar-refractivity contribution < 1.29 is 4.74 Å². The van der Waals surface area contributed by atoms with Crippen molar-refractivity contribution in [3.8, 4) is 28.7 Å². The highest BCUT2D eigenvalue weighted by Gasteiger charge is 2.14. The van der Waals surface area contributed by atoms with E-state index in [1.807, 2.05) is 79.7 Å². The third-order valence-electron chi connectivity index (χ3n) is 3.52. The van der Waals surface area contributed by atoms with Gasteiger partial charge in [-0.2, -0.15) is 5.26 Å². The third kappa shape index (κ3) is 2.70. The highest BCUT2D eigenvalue weighted by Crippen LogP contribution is 2.37. The van der Waals surface area contributed by atoms with Gasteiger partial charge in [-0.3, -0.25) is 0 Å². The van der Waals surface area contributed by atoms with E-state index in [1.54, 1.807) is 0 Å². The SMILES string of the molecule is Cc1ccc(Oc2ccccc2)c(-c2ccccc2)c1C#N. The Hall–Kier alpha value is -3.05. The van der Waals surface area contributed by atoms with Gasteiger partial charge in [-0.05, 0) is 36.2 Å². The summed E-state index contributed by atoms with van der Waals surface area (Å²) in [5.41, 5.74) is 3.42. The maximum Gasteiger partial charge on any atom is 0.136 e.